The molecule has 0 fully saturated rings. The molecule has 0 bridgehead atoms. The third-order valence-corrected chi connectivity index (χ3v) is 4.58. The zero-order valence-corrected chi connectivity index (χ0v) is 14.0. The van der Waals surface area contributed by atoms with E-state index in [4.69, 9.17) is 11.5 Å². The van der Waals surface area contributed by atoms with Crippen LogP contribution in [-0.4, -0.2) is 30.2 Å². The Morgan fingerprint density at radius 3 is 2.69 bits per heavy atom. The van der Waals surface area contributed by atoms with E-state index in [-0.39, 0.29) is 16.7 Å². The highest BCUT2D eigenvalue weighted by atomic mass is 32.1. The average molecular weight is 368 g/mol. The number of aromatic nitrogens is 4. The Bertz CT molecular complexity index is 1210. The summed E-state index contributed by atoms with van der Waals surface area (Å²) in [4.78, 5) is 32.8. The number of rotatable bonds is 3. The highest BCUT2D eigenvalue weighted by molar-refractivity contribution is 7.12. The van der Waals surface area contributed by atoms with Gasteiger partial charge in [0, 0.05) is 41.9 Å². The molecule has 130 valence electrons. The summed E-state index contributed by atoms with van der Waals surface area (Å²) in [7, 11) is 0. The number of carboxylic acid groups (broad SMARTS) is 1. The monoisotopic (exact) mass is 368 g/mol. The van der Waals surface area contributed by atoms with E-state index < -0.39 is 17.0 Å². The van der Waals surface area contributed by atoms with Crippen LogP contribution >= 0.6 is 11.3 Å². The van der Waals surface area contributed by atoms with E-state index in [2.05, 4.69) is 9.97 Å². The third kappa shape index (κ3) is 2.40. The summed E-state index contributed by atoms with van der Waals surface area (Å²) in [6.07, 6.45) is 6.15. The fourth-order valence-corrected chi connectivity index (χ4v) is 3.27. The smallest absolute Gasteiger partial charge is 0.341 e. The lowest BCUT2D eigenvalue weighted by molar-refractivity contribution is 0.0695. The topological polar surface area (TPSA) is 142 Å². The number of anilines is 2. The highest BCUT2D eigenvalue weighted by Crippen LogP contribution is 2.24. The Kier molecular flexibility index (Phi) is 3.48. The van der Waals surface area contributed by atoms with Gasteiger partial charge in [0.25, 0.3) is 0 Å². The number of pyridine rings is 2. The summed E-state index contributed by atoms with van der Waals surface area (Å²) in [5.41, 5.74) is 11.6. The second kappa shape index (κ2) is 5.70. The standard InChI is InChI=1S/C16H12N6O3S/c17-8-1-3-21(6-8)11-5-10(18)12-13(23)9(15(24)25)7-22(14(12)20-11)16-19-2-4-26-16/h1-7H,17H2,(H2,18,20)(H,24,25). The van der Waals surface area contributed by atoms with Crippen LogP contribution in [0.5, 0.6) is 0 Å². The Morgan fingerprint density at radius 1 is 1.27 bits per heavy atom. The zero-order valence-electron chi connectivity index (χ0n) is 13.2. The van der Waals surface area contributed by atoms with E-state index in [9.17, 15) is 14.7 Å². The number of aromatic carboxylic acids is 1. The number of carboxylic acids is 1. The number of thiazole rings is 1. The van der Waals surface area contributed by atoms with Crippen molar-refractivity contribution in [1.82, 2.24) is 19.1 Å². The van der Waals surface area contributed by atoms with E-state index in [1.165, 1.54) is 28.2 Å². The Labute approximate surface area is 149 Å². The molecule has 4 aromatic heterocycles. The zero-order chi connectivity index (χ0) is 18.4. The highest BCUT2D eigenvalue weighted by Gasteiger charge is 2.20. The summed E-state index contributed by atoms with van der Waals surface area (Å²) >= 11 is 1.28. The molecule has 4 heterocycles. The first-order valence-corrected chi connectivity index (χ1v) is 8.26. The van der Waals surface area contributed by atoms with Crippen LogP contribution in [0.1, 0.15) is 10.4 Å². The van der Waals surface area contributed by atoms with Gasteiger partial charge in [0.1, 0.15) is 11.4 Å². The molecule has 0 atom stereocenters. The molecule has 0 saturated heterocycles. The minimum Gasteiger partial charge on any atom is -0.477 e. The molecule has 4 aromatic rings. The van der Waals surface area contributed by atoms with Gasteiger partial charge >= 0.3 is 5.97 Å². The molecule has 0 amide bonds. The first-order valence-electron chi connectivity index (χ1n) is 7.38. The predicted molar refractivity (Wildman–Crippen MR) is 98.1 cm³/mol. The maximum absolute atomic E-state index is 12.6. The van der Waals surface area contributed by atoms with Crippen molar-refractivity contribution in [2.24, 2.45) is 0 Å². The van der Waals surface area contributed by atoms with E-state index in [0.717, 1.165) is 0 Å². The fraction of sp³-hybridized carbons (Fsp3) is 0. The van der Waals surface area contributed by atoms with Crippen molar-refractivity contribution in [3.63, 3.8) is 0 Å². The van der Waals surface area contributed by atoms with Crippen molar-refractivity contribution in [2.45, 2.75) is 0 Å². The number of fused-ring (bicyclic) bond motifs is 1. The van der Waals surface area contributed by atoms with Gasteiger partial charge in [0.2, 0.25) is 5.43 Å². The van der Waals surface area contributed by atoms with Crippen molar-refractivity contribution < 1.29 is 9.90 Å². The van der Waals surface area contributed by atoms with E-state index in [1.54, 1.807) is 34.6 Å². The molecule has 0 radical (unpaired) electrons. The lowest BCUT2D eigenvalue weighted by atomic mass is 10.1. The molecule has 10 heteroatoms. The van der Waals surface area contributed by atoms with Crippen molar-refractivity contribution >= 4 is 39.7 Å². The van der Waals surface area contributed by atoms with Gasteiger partial charge < -0.3 is 21.1 Å². The maximum atomic E-state index is 12.6. The van der Waals surface area contributed by atoms with Crippen molar-refractivity contribution in [1.29, 1.82) is 0 Å². The van der Waals surface area contributed by atoms with Gasteiger partial charge in [-0.05, 0) is 6.07 Å². The molecule has 26 heavy (non-hydrogen) atoms. The average Bonchev–Trinajstić information content (AvgIpc) is 3.26. The van der Waals surface area contributed by atoms with Gasteiger partial charge in [-0.25, -0.2) is 14.8 Å². The van der Waals surface area contributed by atoms with Gasteiger partial charge in [-0.1, -0.05) is 0 Å². The van der Waals surface area contributed by atoms with E-state index in [0.29, 0.717) is 16.6 Å². The number of nitrogens with two attached hydrogens (primary N) is 2. The molecule has 0 aromatic carbocycles. The third-order valence-electron chi connectivity index (χ3n) is 3.81. The van der Waals surface area contributed by atoms with Crippen LogP contribution in [0.3, 0.4) is 0 Å². The summed E-state index contributed by atoms with van der Waals surface area (Å²) in [6.45, 7) is 0. The quantitative estimate of drug-likeness (QED) is 0.497. The van der Waals surface area contributed by atoms with Gasteiger partial charge in [-0.2, -0.15) is 0 Å². The number of hydrogen-bond acceptors (Lipinski definition) is 7. The van der Waals surface area contributed by atoms with Gasteiger partial charge in [0.15, 0.2) is 10.8 Å². The predicted octanol–water partition coefficient (Wildman–Crippen LogP) is 1.50. The Balaban J connectivity index is 2.13. The molecule has 4 rings (SSSR count). The van der Waals surface area contributed by atoms with Crippen molar-refractivity contribution in [3.05, 3.63) is 58.1 Å². The molecule has 0 spiro atoms. The molecule has 9 nitrogen and oxygen atoms in total. The number of nitrogens with zero attached hydrogens (tertiary/aromatic N) is 4. The van der Waals surface area contributed by atoms with Crippen LogP contribution in [0.4, 0.5) is 11.4 Å². The van der Waals surface area contributed by atoms with Gasteiger partial charge in [-0.15, -0.1) is 11.3 Å². The van der Waals surface area contributed by atoms with Crippen LogP contribution in [0.2, 0.25) is 0 Å². The minimum absolute atomic E-state index is 0.0315. The van der Waals surface area contributed by atoms with Crippen LogP contribution in [0, 0.1) is 0 Å². The van der Waals surface area contributed by atoms with Gasteiger partial charge in [0.05, 0.1) is 11.1 Å². The summed E-state index contributed by atoms with van der Waals surface area (Å²) in [5.74, 6) is -0.900. The number of hydrogen-bond donors (Lipinski definition) is 3. The molecule has 0 saturated carbocycles. The normalized spacial score (nSPS) is 11.1. The molecular formula is C16H12N6O3S. The number of nitrogen functional groups attached to an aromatic ring is 2. The maximum Gasteiger partial charge on any atom is 0.341 e. The van der Waals surface area contributed by atoms with Crippen molar-refractivity contribution in [3.8, 4) is 10.9 Å². The summed E-state index contributed by atoms with van der Waals surface area (Å²) < 4.78 is 3.12. The SMILES string of the molecule is Nc1ccn(-c2cc(N)c3c(=O)c(C(=O)O)cn(-c4nccs4)c3n2)c1. The van der Waals surface area contributed by atoms with E-state index >= 15 is 0 Å². The summed E-state index contributed by atoms with van der Waals surface area (Å²) in [6, 6.07) is 3.20. The molecule has 5 N–H and O–H groups in total. The minimum atomic E-state index is -1.34. The fourth-order valence-electron chi connectivity index (χ4n) is 2.65. The Morgan fingerprint density at radius 2 is 2.08 bits per heavy atom. The summed E-state index contributed by atoms with van der Waals surface area (Å²) in [5, 5.41) is 11.6. The van der Waals surface area contributed by atoms with Crippen molar-refractivity contribution in [2.75, 3.05) is 11.5 Å². The van der Waals surface area contributed by atoms with Gasteiger partial charge in [-0.3, -0.25) is 9.36 Å². The molecular weight excluding hydrogens is 356 g/mol. The molecule has 0 aliphatic carbocycles. The number of carbonyl (C=O) groups is 1. The lowest BCUT2D eigenvalue weighted by Crippen LogP contribution is -2.20. The molecule has 0 aliphatic rings. The largest absolute Gasteiger partial charge is 0.477 e. The molecule has 0 aliphatic heterocycles. The van der Waals surface area contributed by atoms with Crippen LogP contribution in [0.25, 0.3) is 22.0 Å². The second-order valence-electron chi connectivity index (χ2n) is 5.48. The van der Waals surface area contributed by atoms with E-state index in [1.807, 2.05) is 0 Å². The Hall–Kier alpha value is -3.66. The van der Waals surface area contributed by atoms with Crippen LogP contribution < -0.4 is 16.9 Å². The second-order valence-corrected chi connectivity index (χ2v) is 6.36. The first kappa shape index (κ1) is 15.8. The van der Waals surface area contributed by atoms with Crippen LogP contribution in [-0.2, 0) is 0 Å². The first-order chi connectivity index (χ1) is 12.5. The molecule has 0 unspecified atom stereocenters. The lowest BCUT2D eigenvalue weighted by Gasteiger charge is -2.12. The van der Waals surface area contributed by atoms with Crippen LogP contribution in [0.15, 0.2) is 47.1 Å².